The molecule has 19 heavy (non-hydrogen) atoms. The number of likely N-dealkylation sites (N-methyl/N-ethyl adjacent to an activating group) is 1. The Hall–Kier alpha value is -1.10. The van der Waals surface area contributed by atoms with E-state index in [0.717, 1.165) is 24.6 Å². The van der Waals surface area contributed by atoms with Crippen LogP contribution >= 0.6 is 0 Å². The Morgan fingerprint density at radius 2 is 2.11 bits per heavy atom. The van der Waals surface area contributed by atoms with Crippen LogP contribution in [0.2, 0.25) is 0 Å². The van der Waals surface area contributed by atoms with Crippen LogP contribution < -0.4 is 0 Å². The standard InChI is InChI=1S/C14H19F3N2/c1-5-6-10-9(2)7-11(14(15,16)17)18-13(10,3)12-8-19(12)4/h6-7,12H,5,8H2,1-4H3/b10-6-/t12-,13?,19?/m0/s1. The fourth-order valence-electron chi connectivity index (χ4n) is 2.83. The van der Waals surface area contributed by atoms with Gasteiger partial charge in [0, 0.05) is 6.54 Å². The van der Waals surface area contributed by atoms with Crippen LogP contribution in [-0.2, 0) is 0 Å². The van der Waals surface area contributed by atoms with Gasteiger partial charge in [-0.1, -0.05) is 13.0 Å². The lowest BCUT2D eigenvalue weighted by Crippen LogP contribution is -2.40. The highest BCUT2D eigenvalue weighted by molar-refractivity contribution is 6.02. The van der Waals surface area contributed by atoms with Crippen LogP contribution in [0.25, 0.3) is 0 Å². The first-order valence-electron chi connectivity index (χ1n) is 6.46. The predicted molar refractivity (Wildman–Crippen MR) is 70.4 cm³/mol. The molecule has 2 aliphatic heterocycles. The van der Waals surface area contributed by atoms with Gasteiger partial charge >= 0.3 is 6.18 Å². The molecule has 106 valence electrons. The number of rotatable bonds is 2. The molecule has 0 amide bonds. The number of hydrogen-bond acceptors (Lipinski definition) is 2. The third-order valence-corrected chi connectivity index (χ3v) is 3.88. The van der Waals surface area contributed by atoms with Crippen LogP contribution in [0.5, 0.6) is 0 Å². The quantitative estimate of drug-likeness (QED) is 0.704. The molecule has 0 aromatic heterocycles. The maximum absolute atomic E-state index is 12.9. The summed E-state index contributed by atoms with van der Waals surface area (Å²) in [6.07, 6.45) is -0.433. The van der Waals surface area contributed by atoms with Crippen molar-refractivity contribution in [3.63, 3.8) is 0 Å². The monoisotopic (exact) mass is 272 g/mol. The van der Waals surface area contributed by atoms with Gasteiger partial charge in [-0.15, -0.1) is 0 Å². The maximum atomic E-state index is 12.9. The van der Waals surface area contributed by atoms with Crippen LogP contribution in [0.3, 0.4) is 0 Å². The zero-order valence-corrected chi connectivity index (χ0v) is 11.7. The smallest absolute Gasteiger partial charge is 0.298 e. The number of halogens is 3. The lowest BCUT2D eigenvalue weighted by atomic mass is 9.81. The molecular weight excluding hydrogens is 253 g/mol. The first kappa shape index (κ1) is 14.3. The molecule has 1 saturated heterocycles. The Morgan fingerprint density at radius 1 is 1.53 bits per heavy atom. The Morgan fingerprint density at radius 3 is 2.53 bits per heavy atom. The van der Waals surface area contributed by atoms with Crippen molar-refractivity contribution in [2.75, 3.05) is 13.6 Å². The van der Waals surface area contributed by atoms with E-state index in [1.54, 1.807) is 6.92 Å². The Bertz CT molecular complexity index is 474. The Kier molecular flexibility index (Phi) is 3.37. The third-order valence-electron chi connectivity index (χ3n) is 3.88. The van der Waals surface area contributed by atoms with Gasteiger partial charge in [0.2, 0.25) is 0 Å². The number of aliphatic imine (C=N–C) groups is 1. The first-order valence-corrected chi connectivity index (χ1v) is 6.46. The fourth-order valence-corrected chi connectivity index (χ4v) is 2.83. The van der Waals surface area contributed by atoms with Crippen LogP contribution in [0.4, 0.5) is 13.2 Å². The molecule has 0 radical (unpaired) electrons. The molecule has 5 heteroatoms. The highest BCUT2D eigenvalue weighted by atomic mass is 19.4. The van der Waals surface area contributed by atoms with E-state index in [2.05, 4.69) is 4.99 Å². The molecule has 0 aliphatic carbocycles. The second-order valence-electron chi connectivity index (χ2n) is 5.45. The maximum Gasteiger partial charge on any atom is 0.432 e. The Balaban J connectivity index is 2.50. The van der Waals surface area contributed by atoms with Crippen molar-refractivity contribution in [3.05, 3.63) is 23.3 Å². The number of hydrogen-bond donors (Lipinski definition) is 0. The van der Waals surface area contributed by atoms with E-state index in [1.807, 2.05) is 31.9 Å². The molecule has 2 rings (SSSR count). The van der Waals surface area contributed by atoms with Crippen molar-refractivity contribution >= 4 is 5.71 Å². The minimum Gasteiger partial charge on any atom is -0.298 e. The molecule has 3 atom stereocenters. The molecule has 0 aromatic rings. The zero-order valence-electron chi connectivity index (χ0n) is 11.7. The van der Waals surface area contributed by atoms with Crippen LogP contribution in [0, 0.1) is 0 Å². The third kappa shape index (κ3) is 2.48. The number of alkyl halides is 3. The van der Waals surface area contributed by atoms with E-state index < -0.39 is 17.4 Å². The average Bonchev–Trinajstić information content (AvgIpc) is 3.00. The predicted octanol–water partition coefficient (Wildman–Crippen LogP) is 3.36. The molecule has 0 aromatic carbocycles. The highest BCUT2D eigenvalue weighted by Crippen LogP contribution is 2.43. The lowest BCUT2D eigenvalue weighted by Gasteiger charge is -2.34. The van der Waals surface area contributed by atoms with Crippen molar-refractivity contribution in [2.24, 2.45) is 4.99 Å². The number of dihydropyridines is 1. The van der Waals surface area contributed by atoms with Crippen LogP contribution in [0.1, 0.15) is 27.2 Å². The van der Waals surface area contributed by atoms with E-state index in [-0.39, 0.29) is 6.04 Å². The van der Waals surface area contributed by atoms with Crippen molar-refractivity contribution in [1.82, 2.24) is 4.90 Å². The van der Waals surface area contributed by atoms with Crippen molar-refractivity contribution in [1.29, 1.82) is 0 Å². The molecule has 0 bridgehead atoms. The normalized spacial score (nSPS) is 37.1. The van der Waals surface area contributed by atoms with E-state index in [0.29, 0.717) is 5.57 Å². The molecule has 2 aliphatic rings. The van der Waals surface area contributed by atoms with Crippen molar-refractivity contribution < 1.29 is 13.2 Å². The van der Waals surface area contributed by atoms with Crippen molar-refractivity contribution in [3.8, 4) is 0 Å². The average molecular weight is 272 g/mol. The number of allylic oxidation sites excluding steroid dienone is 2. The summed E-state index contributed by atoms with van der Waals surface area (Å²) >= 11 is 0. The van der Waals surface area contributed by atoms with Gasteiger partial charge in [0.05, 0.1) is 6.04 Å². The summed E-state index contributed by atoms with van der Waals surface area (Å²) < 4.78 is 38.8. The van der Waals surface area contributed by atoms with E-state index in [9.17, 15) is 13.2 Å². The topological polar surface area (TPSA) is 15.4 Å². The van der Waals surface area contributed by atoms with Gasteiger partial charge < -0.3 is 0 Å². The van der Waals surface area contributed by atoms with E-state index in [1.165, 1.54) is 0 Å². The molecule has 2 nitrogen and oxygen atoms in total. The summed E-state index contributed by atoms with van der Waals surface area (Å²) in [7, 11) is 1.91. The largest absolute Gasteiger partial charge is 0.432 e. The molecule has 0 N–H and O–H groups in total. The van der Waals surface area contributed by atoms with Gasteiger partial charge in [-0.05, 0) is 44.5 Å². The first-order chi connectivity index (χ1) is 8.70. The Labute approximate surface area is 111 Å². The molecule has 2 heterocycles. The second kappa shape index (κ2) is 4.47. The lowest BCUT2D eigenvalue weighted by molar-refractivity contribution is -0.0584. The van der Waals surface area contributed by atoms with Gasteiger partial charge in [0.25, 0.3) is 0 Å². The van der Waals surface area contributed by atoms with Gasteiger partial charge in [-0.25, -0.2) is 0 Å². The van der Waals surface area contributed by atoms with Crippen LogP contribution in [-0.4, -0.2) is 42.0 Å². The number of nitrogens with zero attached hydrogens (tertiary/aromatic N) is 2. The molecule has 1 fully saturated rings. The summed E-state index contributed by atoms with van der Waals surface area (Å²) in [6, 6.07) is 0.0614. The molecule has 2 unspecified atom stereocenters. The SMILES string of the molecule is CC/C=C1/C(C)=CC(C(F)(F)F)=NC1(C)[C@@H]1CN1C. The van der Waals surface area contributed by atoms with Crippen LogP contribution in [0.15, 0.2) is 28.3 Å². The van der Waals surface area contributed by atoms with Gasteiger partial charge in [-0.3, -0.25) is 9.89 Å². The summed E-state index contributed by atoms with van der Waals surface area (Å²) in [5.74, 6) is 0. The minimum atomic E-state index is -4.38. The summed E-state index contributed by atoms with van der Waals surface area (Å²) in [5.41, 5.74) is 0.0550. The summed E-state index contributed by atoms with van der Waals surface area (Å²) in [6.45, 7) is 6.33. The minimum absolute atomic E-state index is 0.0614. The summed E-state index contributed by atoms with van der Waals surface area (Å²) in [4.78, 5) is 6.08. The van der Waals surface area contributed by atoms with E-state index >= 15 is 0 Å². The molecular formula is C14H19F3N2. The molecule has 0 saturated carbocycles. The highest BCUT2D eigenvalue weighted by Gasteiger charge is 2.52. The zero-order chi connectivity index (χ0) is 14.4. The van der Waals surface area contributed by atoms with E-state index in [4.69, 9.17) is 0 Å². The fraction of sp³-hybridized carbons (Fsp3) is 0.643. The van der Waals surface area contributed by atoms with Gasteiger partial charge in [0.15, 0.2) is 0 Å². The molecule has 0 spiro atoms. The second-order valence-corrected chi connectivity index (χ2v) is 5.45. The van der Waals surface area contributed by atoms with Gasteiger partial charge in [0.1, 0.15) is 11.3 Å². The summed E-state index contributed by atoms with van der Waals surface area (Å²) in [5, 5.41) is 0. The van der Waals surface area contributed by atoms with Gasteiger partial charge in [-0.2, -0.15) is 13.2 Å². The van der Waals surface area contributed by atoms with Crippen molar-refractivity contribution in [2.45, 2.75) is 44.9 Å².